The number of benzene rings is 1. The second-order valence-electron chi connectivity index (χ2n) is 4.47. The molecule has 6 heteroatoms. The fraction of sp³-hybridized carbons (Fsp3) is 0.286. The van der Waals surface area contributed by atoms with Crippen LogP contribution in [0.5, 0.6) is 0 Å². The van der Waals surface area contributed by atoms with Crippen LogP contribution in [0.3, 0.4) is 0 Å². The fourth-order valence-electron chi connectivity index (χ4n) is 2.28. The Kier molecular flexibility index (Phi) is 4.44. The molecule has 1 aromatic rings. The van der Waals surface area contributed by atoms with Crippen molar-refractivity contribution < 1.29 is 19.4 Å². The Hall–Kier alpha value is -1.82. The predicted molar refractivity (Wildman–Crippen MR) is 78.0 cm³/mol. The molecule has 106 valence electrons. The molecule has 1 amide bonds. The molecule has 0 saturated carbocycles. The monoisotopic (exact) mass is 339 g/mol. The Morgan fingerprint density at radius 3 is 2.95 bits per heavy atom. The van der Waals surface area contributed by atoms with Gasteiger partial charge in [0.1, 0.15) is 6.61 Å². The van der Waals surface area contributed by atoms with Crippen LogP contribution in [0.1, 0.15) is 17.9 Å². The molecule has 20 heavy (non-hydrogen) atoms. The van der Waals surface area contributed by atoms with Crippen molar-refractivity contribution in [1.29, 1.82) is 0 Å². The number of hydrogen-bond donors (Lipinski definition) is 1. The van der Waals surface area contributed by atoms with Crippen LogP contribution in [0.25, 0.3) is 0 Å². The van der Waals surface area contributed by atoms with Crippen molar-refractivity contribution in [2.75, 3.05) is 18.1 Å². The summed E-state index contributed by atoms with van der Waals surface area (Å²) in [5, 5.41) is 8.98. The van der Waals surface area contributed by atoms with Crippen LogP contribution in [0, 0.1) is 0 Å². The topological polar surface area (TPSA) is 66.8 Å². The summed E-state index contributed by atoms with van der Waals surface area (Å²) in [5.41, 5.74) is 1.55. The van der Waals surface area contributed by atoms with Gasteiger partial charge < -0.3 is 9.84 Å². The summed E-state index contributed by atoms with van der Waals surface area (Å²) in [5.74, 6) is -1.11. The first kappa shape index (κ1) is 14.6. The molecule has 1 aliphatic rings. The van der Waals surface area contributed by atoms with Gasteiger partial charge in [0.15, 0.2) is 0 Å². The summed E-state index contributed by atoms with van der Waals surface area (Å²) >= 11 is 3.36. The molecule has 0 spiro atoms. The van der Waals surface area contributed by atoms with E-state index >= 15 is 0 Å². The minimum Gasteiger partial charge on any atom is -0.481 e. The number of aliphatic carboxylic acids is 1. The zero-order chi connectivity index (χ0) is 14.7. The van der Waals surface area contributed by atoms with Gasteiger partial charge in [-0.2, -0.15) is 0 Å². The van der Waals surface area contributed by atoms with Crippen LogP contribution in [0.2, 0.25) is 0 Å². The third-order valence-electron chi connectivity index (χ3n) is 3.09. The Balaban J connectivity index is 2.28. The van der Waals surface area contributed by atoms with E-state index in [-0.39, 0.29) is 18.9 Å². The summed E-state index contributed by atoms with van der Waals surface area (Å²) in [6.07, 6.45) is 0.987. The zero-order valence-corrected chi connectivity index (χ0v) is 12.3. The smallest absolute Gasteiger partial charge is 0.414 e. The highest BCUT2D eigenvalue weighted by molar-refractivity contribution is 9.10. The zero-order valence-electron chi connectivity index (χ0n) is 10.7. The first-order chi connectivity index (χ1) is 9.52. The third kappa shape index (κ3) is 3.01. The molecular weight excluding hydrogens is 326 g/mol. The summed E-state index contributed by atoms with van der Waals surface area (Å²) in [6, 6.07) is 5.45. The van der Waals surface area contributed by atoms with Gasteiger partial charge in [0.2, 0.25) is 0 Å². The Labute approximate surface area is 125 Å². The van der Waals surface area contributed by atoms with Crippen molar-refractivity contribution in [1.82, 2.24) is 0 Å². The van der Waals surface area contributed by atoms with Crippen molar-refractivity contribution in [3.05, 3.63) is 40.9 Å². The summed E-state index contributed by atoms with van der Waals surface area (Å²) < 4.78 is 5.88. The second kappa shape index (κ2) is 6.09. The van der Waals surface area contributed by atoms with Crippen LogP contribution in [-0.4, -0.2) is 30.3 Å². The van der Waals surface area contributed by atoms with Gasteiger partial charge in [0, 0.05) is 16.9 Å². The standard InChI is InChI=1S/C14H14BrNO4/c1-2-5-20-14(19)16-8-9(6-13(17)18)11-7-10(15)3-4-12(11)16/h2-4,7,9H,1,5-6,8H2,(H,17,18). The lowest BCUT2D eigenvalue weighted by molar-refractivity contribution is -0.137. The highest BCUT2D eigenvalue weighted by Crippen LogP contribution is 2.39. The van der Waals surface area contributed by atoms with Gasteiger partial charge in [-0.05, 0) is 23.8 Å². The lowest BCUT2D eigenvalue weighted by Gasteiger charge is -2.16. The Morgan fingerprint density at radius 2 is 2.30 bits per heavy atom. The highest BCUT2D eigenvalue weighted by atomic mass is 79.9. The lowest BCUT2D eigenvalue weighted by Crippen LogP contribution is -2.30. The largest absolute Gasteiger partial charge is 0.481 e. The minimum atomic E-state index is -0.887. The van der Waals surface area contributed by atoms with Gasteiger partial charge in [0.25, 0.3) is 0 Å². The lowest BCUT2D eigenvalue weighted by atomic mass is 9.98. The third-order valence-corrected chi connectivity index (χ3v) is 3.58. The maximum Gasteiger partial charge on any atom is 0.414 e. The average molecular weight is 340 g/mol. The van der Waals surface area contributed by atoms with E-state index in [1.165, 1.54) is 11.0 Å². The quantitative estimate of drug-likeness (QED) is 0.855. The van der Waals surface area contributed by atoms with Gasteiger partial charge >= 0.3 is 12.1 Å². The van der Waals surface area contributed by atoms with E-state index in [1.54, 1.807) is 6.07 Å². The van der Waals surface area contributed by atoms with E-state index in [2.05, 4.69) is 22.5 Å². The number of carbonyl (C=O) groups is 2. The first-order valence-electron chi connectivity index (χ1n) is 6.09. The van der Waals surface area contributed by atoms with Crippen LogP contribution >= 0.6 is 15.9 Å². The maximum absolute atomic E-state index is 12.0. The molecule has 0 radical (unpaired) electrons. The van der Waals surface area contributed by atoms with Gasteiger partial charge in [-0.3, -0.25) is 9.69 Å². The van der Waals surface area contributed by atoms with Crippen LogP contribution in [0.4, 0.5) is 10.5 Å². The number of carboxylic acids is 1. The van der Waals surface area contributed by atoms with E-state index in [4.69, 9.17) is 9.84 Å². The molecule has 1 heterocycles. The molecule has 5 nitrogen and oxygen atoms in total. The van der Waals surface area contributed by atoms with E-state index < -0.39 is 12.1 Å². The maximum atomic E-state index is 12.0. The Bertz CT molecular complexity index is 558. The van der Waals surface area contributed by atoms with Crippen molar-refractivity contribution in [2.24, 2.45) is 0 Å². The van der Waals surface area contributed by atoms with Gasteiger partial charge in [-0.15, -0.1) is 0 Å². The second-order valence-corrected chi connectivity index (χ2v) is 5.39. The van der Waals surface area contributed by atoms with Gasteiger partial charge in [-0.1, -0.05) is 28.6 Å². The van der Waals surface area contributed by atoms with E-state index in [9.17, 15) is 9.59 Å². The molecule has 2 rings (SSSR count). The molecule has 1 atom stereocenters. The number of nitrogens with zero attached hydrogens (tertiary/aromatic N) is 1. The number of carboxylic acid groups (broad SMARTS) is 1. The number of hydrogen-bond acceptors (Lipinski definition) is 3. The van der Waals surface area contributed by atoms with Crippen LogP contribution < -0.4 is 4.90 Å². The molecule has 0 fully saturated rings. The molecule has 0 aromatic heterocycles. The number of rotatable bonds is 4. The van der Waals surface area contributed by atoms with Gasteiger partial charge in [-0.25, -0.2) is 4.79 Å². The van der Waals surface area contributed by atoms with Crippen molar-refractivity contribution >= 4 is 33.7 Å². The van der Waals surface area contributed by atoms with Crippen molar-refractivity contribution in [3.63, 3.8) is 0 Å². The summed E-state index contributed by atoms with van der Waals surface area (Å²) in [4.78, 5) is 24.4. The highest BCUT2D eigenvalue weighted by Gasteiger charge is 2.34. The molecule has 1 aromatic carbocycles. The number of amides is 1. The molecule has 1 unspecified atom stereocenters. The number of carbonyl (C=O) groups excluding carboxylic acids is 1. The number of anilines is 1. The number of fused-ring (bicyclic) bond motifs is 1. The molecule has 1 N–H and O–H groups in total. The first-order valence-corrected chi connectivity index (χ1v) is 6.88. The average Bonchev–Trinajstić information content (AvgIpc) is 2.73. The summed E-state index contributed by atoms with van der Waals surface area (Å²) in [7, 11) is 0. The molecule has 1 aliphatic heterocycles. The van der Waals surface area contributed by atoms with E-state index in [0.717, 1.165) is 10.0 Å². The Morgan fingerprint density at radius 1 is 1.55 bits per heavy atom. The number of halogens is 1. The van der Waals surface area contributed by atoms with Crippen LogP contribution in [0.15, 0.2) is 35.3 Å². The van der Waals surface area contributed by atoms with Crippen molar-refractivity contribution in [3.8, 4) is 0 Å². The minimum absolute atomic E-state index is 0.0192. The van der Waals surface area contributed by atoms with Crippen molar-refractivity contribution in [2.45, 2.75) is 12.3 Å². The van der Waals surface area contributed by atoms with Gasteiger partial charge in [0.05, 0.1) is 12.1 Å². The molecule has 0 saturated heterocycles. The van der Waals surface area contributed by atoms with Crippen LogP contribution in [-0.2, 0) is 9.53 Å². The van der Waals surface area contributed by atoms with E-state index in [1.807, 2.05) is 12.1 Å². The number of ether oxygens (including phenoxy) is 1. The fourth-order valence-corrected chi connectivity index (χ4v) is 2.66. The molecule has 0 aliphatic carbocycles. The predicted octanol–water partition coefficient (Wildman–Crippen LogP) is 3.15. The normalized spacial score (nSPS) is 16.6. The molecule has 0 bridgehead atoms. The molecular formula is C14H14BrNO4. The SMILES string of the molecule is C=CCOC(=O)N1CC(CC(=O)O)c2cc(Br)ccc21. The van der Waals surface area contributed by atoms with E-state index in [0.29, 0.717) is 12.2 Å². The summed E-state index contributed by atoms with van der Waals surface area (Å²) in [6.45, 7) is 3.93.